The van der Waals surface area contributed by atoms with Crippen LogP contribution in [0.2, 0.25) is 0 Å². The van der Waals surface area contributed by atoms with E-state index in [0.717, 1.165) is 43.0 Å². The lowest BCUT2D eigenvalue weighted by atomic mass is 10.0. The molecule has 0 radical (unpaired) electrons. The number of fused-ring (bicyclic) bond motifs is 1. The van der Waals surface area contributed by atoms with Crippen LogP contribution < -0.4 is 14.5 Å². The van der Waals surface area contributed by atoms with E-state index in [4.69, 9.17) is 14.7 Å². The lowest BCUT2D eigenvalue weighted by molar-refractivity contribution is -0.128. The van der Waals surface area contributed by atoms with Crippen molar-refractivity contribution in [3.8, 4) is 12.1 Å². The second kappa shape index (κ2) is 14.3. The zero-order valence-corrected chi connectivity index (χ0v) is 27.5. The molecule has 246 valence electrons. The normalized spacial score (nSPS) is 24.1. The fourth-order valence-corrected chi connectivity index (χ4v) is 7.33. The zero-order valence-electron chi connectivity index (χ0n) is 27.5. The third-order valence-corrected chi connectivity index (χ3v) is 10.2. The first-order valence-corrected chi connectivity index (χ1v) is 16.8. The van der Waals surface area contributed by atoms with Gasteiger partial charge in [0.15, 0.2) is 0 Å². The van der Waals surface area contributed by atoms with Crippen LogP contribution in [0.3, 0.4) is 0 Å². The molecule has 1 unspecified atom stereocenters. The SMILES string of the molecule is Cc1cccc(N2CCc3c(nc(OC[C@@H]4CCCN4C)nc3N3CCN(C(=O)/C=C/CN4CCC(F)C4)[C@@H](CC#N)C3)C2)c1C. The minimum absolute atomic E-state index is 0.102. The average molecular weight is 631 g/mol. The molecule has 46 heavy (non-hydrogen) atoms. The molecular formula is C35H47FN8O2. The van der Waals surface area contributed by atoms with E-state index >= 15 is 0 Å². The Balaban J connectivity index is 1.22. The number of aryl methyl sites for hydroxylation is 1. The Morgan fingerprint density at radius 3 is 2.72 bits per heavy atom. The highest BCUT2D eigenvalue weighted by atomic mass is 19.1. The molecule has 2 aromatic rings. The molecule has 1 aromatic carbocycles. The second-order valence-corrected chi connectivity index (χ2v) is 13.3. The molecule has 0 saturated carbocycles. The van der Waals surface area contributed by atoms with Gasteiger partial charge in [-0.25, -0.2) is 4.39 Å². The van der Waals surface area contributed by atoms with Crippen molar-refractivity contribution in [2.24, 2.45) is 0 Å². The lowest BCUT2D eigenvalue weighted by Crippen LogP contribution is -2.55. The molecule has 6 rings (SSSR count). The molecule has 4 aliphatic heterocycles. The fraction of sp³-hybridized carbons (Fsp3) is 0.600. The second-order valence-electron chi connectivity index (χ2n) is 13.3. The van der Waals surface area contributed by atoms with E-state index in [2.05, 4.69) is 59.9 Å². The molecule has 1 amide bonds. The summed E-state index contributed by atoms with van der Waals surface area (Å²) in [4.78, 5) is 34.0. The first kappa shape index (κ1) is 32.2. The maximum atomic E-state index is 13.6. The van der Waals surface area contributed by atoms with Gasteiger partial charge in [0.05, 0.1) is 30.8 Å². The predicted molar refractivity (Wildman–Crippen MR) is 177 cm³/mol. The molecular weight excluding hydrogens is 583 g/mol. The van der Waals surface area contributed by atoms with Gasteiger partial charge in [0.25, 0.3) is 0 Å². The van der Waals surface area contributed by atoms with Crippen molar-refractivity contribution < 1.29 is 13.9 Å². The Kier molecular flexibility index (Phi) is 10.0. The van der Waals surface area contributed by atoms with E-state index in [0.29, 0.717) is 70.9 Å². The Bertz CT molecular complexity index is 1480. The Morgan fingerprint density at radius 1 is 1.09 bits per heavy atom. The van der Waals surface area contributed by atoms with Crippen molar-refractivity contribution in [3.05, 3.63) is 52.7 Å². The highest BCUT2D eigenvalue weighted by molar-refractivity contribution is 5.88. The number of carbonyl (C=O) groups is 1. The summed E-state index contributed by atoms with van der Waals surface area (Å²) in [5, 5.41) is 9.71. The standard InChI is InChI=1S/C35H47FN8O2/c1-25-7-4-9-32(26(25)2)42-18-13-30-31(23-42)38-35(46-24-29-8-5-15-40(29)3)39-34(30)43-19-20-44(28(22-43)11-14-37)33(45)10-6-16-41-17-12-27(36)21-41/h4,6-7,9-10,27-29H,5,8,11-13,15-24H2,1-3H3/b10-6+/t27?,28-,29-/m0/s1. The highest BCUT2D eigenvalue weighted by Crippen LogP contribution is 2.34. The number of benzene rings is 1. The molecule has 11 heteroatoms. The van der Waals surface area contributed by atoms with E-state index < -0.39 is 6.17 Å². The van der Waals surface area contributed by atoms with Gasteiger partial charge in [0.2, 0.25) is 5.91 Å². The van der Waals surface area contributed by atoms with Crippen LogP contribution in [0.25, 0.3) is 0 Å². The van der Waals surface area contributed by atoms with Gasteiger partial charge in [-0.15, -0.1) is 0 Å². The van der Waals surface area contributed by atoms with Crippen molar-refractivity contribution in [1.29, 1.82) is 5.26 Å². The Labute approximate surface area is 272 Å². The summed E-state index contributed by atoms with van der Waals surface area (Å²) in [7, 11) is 2.14. The minimum Gasteiger partial charge on any atom is -0.462 e. The molecule has 3 atom stereocenters. The largest absolute Gasteiger partial charge is 0.462 e. The number of anilines is 2. The van der Waals surface area contributed by atoms with E-state index in [9.17, 15) is 14.4 Å². The van der Waals surface area contributed by atoms with Crippen LogP contribution in [0.4, 0.5) is 15.9 Å². The number of likely N-dealkylation sites (N-methyl/N-ethyl adjacent to an activating group) is 1. The van der Waals surface area contributed by atoms with Gasteiger partial charge in [0.1, 0.15) is 18.6 Å². The molecule has 0 bridgehead atoms. The summed E-state index contributed by atoms with van der Waals surface area (Å²) in [5.41, 5.74) is 5.87. The number of aromatic nitrogens is 2. The quantitative estimate of drug-likeness (QED) is 0.385. The van der Waals surface area contributed by atoms with Gasteiger partial charge in [-0.1, -0.05) is 18.2 Å². The maximum Gasteiger partial charge on any atom is 0.318 e. The van der Waals surface area contributed by atoms with Crippen molar-refractivity contribution >= 4 is 17.4 Å². The number of piperazine rings is 1. The third kappa shape index (κ3) is 7.13. The molecule has 0 N–H and O–H groups in total. The zero-order chi connectivity index (χ0) is 32.2. The number of nitriles is 1. The number of amides is 1. The number of hydrogen-bond acceptors (Lipinski definition) is 9. The molecule has 3 fully saturated rings. The fourth-order valence-electron chi connectivity index (χ4n) is 7.33. The Hall–Kier alpha value is -3.75. The number of halogens is 1. The molecule has 5 heterocycles. The van der Waals surface area contributed by atoms with Gasteiger partial charge in [-0.05, 0) is 70.3 Å². The van der Waals surface area contributed by atoms with Crippen LogP contribution in [0.5, 0.6) is 6.01 Å². The van der Waals surface area contributed by atoms with E-state index in [1.807, 2.05) is 11.0 Å². The third-order valence-electron chi connectivity index (χ3n) is 10.2. The molecule has 4 aliphatic rings. The Morgan fingerprint density at radius 2 is 1.96 bits per heavy atom. The number of carbonyl (C=O) groups excluding carboxylic acids is 1. The van der Waals surface area contributed by atoms with Crippen molar-refractivity contribution in [2.75, 3.05) is 75.8 Å². The van der Waals surface area contributed by atoms with Crippen LogP contribution in [0.15, 0.2) is 30.4 Å². The monoisotopic (exact) mass is 630 g/mol. The number of nitrogens with zero attached hydrogens (tertiary/aromatic N) is 8. The lowest BCUT2D eigenvalue weighted by Gasteiger charge is -2.42. The summed E-state index contributed by atoms with van der Waals surface area (Å²) in [6.45, 7) is 10.8. The number of rotatable bonds is 9. The minimum atomic E-state index is -0.783. The summed E-state index contributed by atoms with van der Waals surface area (Å²) in [6.07, 6.45) is 6.48. The summed E-state index contributed by atoms with van der Waals surface area (Å²) < 4.78 is 19.9. The molecule has 0 aliphatic carbocycles. The van der Waals surface area contributed by atoms with Gasteiger partial charge < -0.3 is 24.3 Å². The van der Waals surface area contributed by atoms with Crippen LogP contribution >= 0.6 is 0 Å². The van der Waals surface area contributed by atoms with Gasteiger partial charge in [-0.3, -0.25) is 9.69 Å². The van der Waals surface area contributed by atoms with E-state index in [1.54, 1.807) is 11.0 Å². The van der Waals surface area contributed by atoms with Crippen LogP contribution in [-0.4, -0.2) is 115 Å². The van der Waals surface area contributed by atoms with Gasteiger partial charge in [-0.2, -0.15) is 15.2 Å². The van der Waals surface area contributed by atoms with E-state index in [1.165, 1.54) is 23.2 Å². The highest BCUT2D eigenvalue weighted by Gasteiger charge is 2.34. The molecule has 10 nitrogen and oxygen atoms in total. The van der Waals surface area contributed by atoms with Crippen molar-refractivity contribution in [1.82, 2.24) is 24.7 Å². The summed E-state index contributed by atoms with van der Waals surface area (Å²) >= 11 is 0. The first-order valence-electron chi connectivity index (χ1n) is 16.8. The molecule has 1 aromatic heterocycles. The smallest absolute Gasteiger partial charge is 0.318 e. The van der Waals surface area contributed by atoms with Crippen molar-refractivity contribution in [3.63, 3.8) is 0 Å². The van der Waals surface area contributed by atoms with Gasteiger partial charge >= 0.3 is 6.01 Å². The number of alkyl halides is 1. The molecule has 0 spiro atoms. The molecule has 3 saturated heterocycles. The maximum absolute atomic E-state index is 13.6. The topological polar surface area (TPSA) is 92.1 Å². The number of likely N-dealkylation sites (tertiary alicyclic amines) is 2. The van der Waals surface area contributed by atoms with Crippen LogP contribution in [0, 0.1) is 25.2 Å². The number of hydrogen-bond donors (Lipinski definition) is 0. The first-order chi connectivity index (χ1) is 22.3. The van der Waals surface area contributed by atoms with Crippen LogP contribution in [-0.2, 0) is 17.8 Å². The summed E-state index contributed by atoms with van der Waals surface area (Å²) in [5.74, 6) is 0.760. The van der Waals surface area contributed by atoms with E-state index in [-0.39, 0.29) is 18.4 Å². The number of ether oxygens (including phenoxy) is 1. The average Bonchev–Trinajstić information content (AvgIpc) is 3.67. The predicted octanol–water partition coefficient (Wildman–Crippen LogP) is 3.66. The summed E-state index contributed by atoms with van der Waals surface area (Å²) in [6, 6.07) is 9.22. The van der Waals surface area contributed by atoms with Crippen LogP contribution in [0.1, 0.15) is 48.1 Å². The van der Waals surface area contributed by atoms with Gasteiger partial charge in [0, 0.05) is 69.2 Å². The van der Waals surface area contributed by atoms with Crippen molar-refractivity contribution in [2.45, 2.75) is 70.8 Å².